The third-order valence-electron chi connectivity index (χ3n) is 3.92. The summed E-state index contributed by atoms with van der Waals surface area (Å²) in [5.41, 5.74) is 3.69. The second kappa shape index (κ2) is 7.01. The molecule has 122 valence electrons. The second-order valence-corrected chi connectivity index (χ2v) is 6.59. The van der Waals surface area contributed by atoms with Crippen LogP contribution in [0.5, 0.6) is 0 Å². The molecule has 1 N–H and O–H groups in total. The fourth-order valence-corrected chi connectivity index (χ4v) is 2.77. The summed E-state index contributed by atoms with van der Waals surface area (Å²) in [6.07, 6.45) is 1.76. The van der Waals surface area contributed by atoms with Gasteiger partial charge < -0.3 is 5.32 Å². The molecular formula is C19H18BrN3O. The van der Waals surface area contributed by atoms with Gasteiger partial charge in [-0.2, -0.15) is 5.10 Å². The van der Waals surface area contributed by atoms with Crippen LogP contribution in [0.1, 0.15) is 34.6 Å². The van der Waals surface area contributed by atoms with Crippen LogP contribution >= 0.6 is 15.9 Å². The monoisotopic (exact) mass is 383 g/mol. The first-order chi connectivity index (χ1) is 11.5. The van der Waals surface area contributed by atoms with Gasteiger partial charge in [0.2, 0.25) is 0 Å². The van der Waals surface area contributed by atoms with Gasteiger partial charge >= 0.3 is 0 Å². The Morgan fingerprint density at radius 2 is 1.75 bits per heavy atom. The number of nitrogens with zero attached hydrogens (tertiary/aromatic N) is 2. The molecule has 0 aliphatic rings. The van der Waals surface area contributed by atoms with Crippen LogP contribution in [-0.4, -0.2) is 15.7 Å². The zero-order valence-corrected chi connectivity index (χ0v) is 15.1. The lowest BCUT2D eigenvalue weighted by Crippen LogP contribution is -2.26. The number of halogens is 1. The van der Waals surface area contributed by atoms with Crippen molar-refractivity contribution in [2.24, 2.45) is 0 Å². The number of aryl methyl sites for hydroxylation is 1. The van der Waals surface area contributed by atoms with E-state index >= 15 is 0 Å². The first kappa shape index (κ1) is 16.5. The number of aromatic nitrogens is 2. The summed E-state index contributed by atoms with van der Waals surface area (Å²) in [5.74, 6) is -0.0887. The van der Waals surface area contributed by atoms with Crippen molar-refractivity contribution in [1.82, 2.24) is 15.1 Å². The Bertz CT molecular complexity index is 838. The molecule has 0 bridgehead atoms. The smallest absolute Gasteiger partial charge is 0.251 e. The number of amides is 1. The van der Waals surface area contributed by atoms with Gasteiger partial charge in [0.15, 0.2) is 0 Å². The first-order valence-corrected chi connectivity index (χ1v) is 8.51. The molecule has 0 spiro atoms. The largest absolute Gasteiger partial charge is 0.346 e. The molecule has 0 saturated heterocycles. The van der Waals surface area contributed by atoms with E-state index in [0.29, 0.717) is 5.56 Å². The van der Waals surface area contributed by atoms with Crippen LogP contribution in [0.4, 0.5) is 0 Å². The molecule has 1 heterocycles. The van der Waals surface area contributed by atoms with Crippen molar-refractivity contribution in [3.8, 4) is 5.69 Å². The van der Waals surface area contributed by atoms with Crippen LogP contribution in [0.3, 0.4) is 0 Å². The maximum absolute atomic E-state index is 12.4. The fourth-order valence-electron chi connectivity index (χ4n) is 2.51. The Morgan fingerprint density at radius 1 is 1.08 bits per heavy atom. The zero-order valence-electron chi connectivity index (χ0n) is 13.5. The average molecular weight is 384 g/mol. The van der Waals surface area contributed by atoms with Gasteiger partial charge in [-0.1, -0.05) is 28.1 Å². The van der Waals surface area contributed by atoms with E-state index in [2.05, 4.69) is 26.3 Å². The Balaban J connectivity index is 1.71. The predicted octanol–water partition coefficient (Wildman–Crippen LogP) is 4.43. The van der Waals surface area contributed by atoms with Crippen molar-refractivity contribution in [3.05, 3.63) is 82.1 Å². The topological polar surface area (TPSA) is 46.9 Å². The van der Waals surface area contributed by atoms with E-state index in [0.717, 1.165) is 21.4 Å². The lowest BCUT2D eigenvalue weighted by molar-refractivity contribution is 0.0940. The van der Waals surface area contributed by atoms with Crippen LogP contribution in [0.25, 0.3) is 5.69 Å². The van der Waals surface area contributed by atoms with E-state index < -0.39 is 0 Å². The number of benzene rings is 2. The predicted molar refractivity (Wildman–Crippen MR) is 98.3 cm³/mol. The maximum atomic E-state index is 12.4. The molecule has 0 aliphatic carbocycles. The van der Waals surface area contributed by atoms with Crippen molar-refractivity contribution in [3.63, 3.8) is 0 Å². The molecule has 3 rings (SSSR count). The molecule has 0 saturated carbocycles. The lowest BCUT2D eigenvalue weighted by Gasteiger charge is -2.15. The number of rotatable bonds is 4. The highest BCUT2D eigenvalue weighted by molar-refractivity contribution is 9.10. The third kappa shape index (κ3) is 3.57. The first-order valence-electron chi connectivity index (χ1n) is 7.72. The fraction of sp³-hybridized carbons (Fsp3) is 0.158. The number of hydrogen-bond donors (Lipinski definition) is 1. The highest BCUT2D eigenvalue weighted by Gasteiger charge is 2.12. The summed E-state index contributed by atoms with van der Waals surface area (Å²) < 4.78 is 2.86. The van der Waals surface area contributed by atoms with E-state index in [1.807, 2.05) is 73.1 Å². The van der Waals surface area contributed by atoms with Crippen LogP contribution < -0.4 is 5.32 Å². The highest BCUT2D eigenvalue weighted by Crippen LogP contribution is 2.17. The number of carbonyl (C=O) groups is 1. The normalized spacial score (nSPS) is 12.0. The molecule has 0 radical (unpaired) electrons. The van der Waals surface area contributed by atoms with E-state index in [4.69, 9.17) is 0 Å². The van der Waals surface area contributed by atoms with Crippen LogP contribution in [0.15, 0.2) is 65.3 Å². The molecule has 4 nitrogen and oxygen atoms in total. The Kier molecular flexibility index (Phi) is 4.81. The quantitative estimate of drug-likeness (QED) is 0.723. The molecule has 0 unspecified atom stereocenters. The minimum Gasteiger partial charge on any atom is -0.346 e. The Hall–Kier alpha value is -2.40. The summed E-state index contributed by atoms with van der Waals surface area (Å²) in [6.45, 7) is 3.97. The molecule has 0 fully saturated rings. The Labute approximate surface area is 149 Å². The second-order valence-electron chi connectivity index (χ2n) is 5.68. The van der Waals surface area contributed by atoms with Crippen molar-refractivity contribution >= 4 is 21.8 Å². The number of nitrogens with one attached hydrogen (secondary N) is 1. The van der Waals surface area contributed by atoms with Crippen molar-refractivity contribution in [1.29, 1.82) is 0 Å². The summed E-state index contributed by atoms with van der Waals surface area (Å²) >= 11 is 3.42. The van der Waals surface area contributed by atoms with Gasteiger partial charge in [0.1, 0.15) is 0 Å². The molecule has 1 atom stereocenters. The molecule has 5 heteroatoms. The van der Waals surface area contributed by atoms with Crippen molar-refractivity contribution in [2.45, 2.75) is 19.9 Å². The highest BCUT2D eigenvalue weighted by atomic mass is 79.9. The summed E-state index contributed by atoms with van der Waals surface area (Å²) in [6, 6.07) is 17.3. The van der Waals surface area contributed by atoms with Gasteiger partial charge in [0.05, 0.1) is 11.7 Å². The average Bonchev–Trinajstić information content (AvgIpc) is 3.01. The standard InChI is InChI=1S/C19H18BrN3O/c1-13-11-12-21-23(13)18-9-5-16(6-10-18)19(24)22-14(2)15-3-7-17(20)8-4-15/h3-12,14H,1-2H3,(H,22,24)/t14-/m0/s1. The summed E-state index contributed by atoms with van der Waals surface area (Å²) in [7, 11) is 0. The minimum atomic E-state index is -0.0887. The van der Waals surface area contributed by atoms with Gasteiger partial charge in [0, 0.05) is 21.9 Å². The van der Waals surface area contributed by atoms with Gasteiger partial charge in [-0.25, -0.2) is 4.68 Å². The molecular weight excluding hydrogens is 366 g/mol. The van der Waals surface area contributed by atoms with Crippen molar-refractivity contribution < 1.29 is 4.79 Å². The van der Waals surface area contributed by atoms with E-state index in [1.165, 1.54) is 0 Å². The molecule has 24 heavy (non-hydrogen) atoms. The van der Waals surface area contributed by atoms with Crippen molar-refractivity contribution in [2.75, 3.05) is 0 Å². The Morgan fingerprint density at radius 3 is 2.33 bits per heavy atom. The third-order valence-corrected chi connectivity index (χ3v) is 4.45. The van der Waals surface area contributed by atoms with Crippen LogP contribution in [0, 0.1) is 6.92 Å². The maximum Gasteiger partial charge on any atom is 0.251 e. The lowest BCUT2D eigenvalue weighted by atomic mass is 10.1. The molecule has 1 amide bonds. The summed E-state index contributed by atoms with van der Waals surface area (Å²) in [5, 5.41) is 7.29. The van der Waals surface area contributed by atoms with Crippen LogP contribution in [0.2, 0.25) is 0 Å². The number of hydrogen-bond acceptors (Lipinski definition) is 2. The van der Waals surface area contributed by atoms with Crippen LogP contribution in [-0.2, 0) is 0 Å². The molecule has 2 aromatic carbocycles. The summed E-state index contributed by atoms with van der Waals surface area (Å²) in [4.78, 5) is 12.4. The van der Waals surface area contributed by atoms with E-state index in [9.17, 15) is 4.79 Å². The number of carbonyl (C=O) groups excluding carboxylic acids is 1. The molecule has 0 aliphatic heterocycles. The molecule has 3 aromatic rings. The van der Waals surface area contributed by atoms with Gasteiger partial charge in [-0.3, -0.25) is 4.79 Å². The van der Waals surface area contributed by atoms with E-state index in [1.54, 1.807) is 6.20 Å². The minimum absolute atomic E-state index is 0.0568. The van der Waals surface area contributed by atoms with Gasteiger partial charge in [0.25, 0.3) is 5.91 Å². The van der Waals surface area contributed by atoms with Gasteiger partial charge in [-0.15, -0.1) is 0 Å². The SMILES string of the molecule is Cc1ccnn1-c1ccc(C(=O)N[C@@H](C)c2ccc(Br)cc2)cc1. The van der Waals surface area contributed by atoms with Gasteiger partial charge in [-0.05, 0) is 61.9 Å². The van der Waals surface area contributed by atoms with E-state index in [-0.39, 0.29) is 11.9 Å². The zero-order chi connectivity index (χ0) is 17.1. The molecule has 1 aromatic heterocycles.